The largest absolute Gasteiger partial charge is 0.507 e. The monoisotopic (exact) mass is 600 g/mol. The first-order chi connectivity index (χ1) is 22.0. The number of hydrogen-bond acceptors (Lipinski definition) is 7. The first kappa shape index (κ1) is 28.7. The Morgan fingerprint density at radius 1 is 0.844 bits per heavy atom. The summed E-state index contributed by atoms with van der Waals surface area (Å²) >= 11 is 0. The normalized spacial score (nSPS) is 20.6. The van der Waals surface area contributed by atoms with Gasteiger partial charge in [0.15, 0.2) is 0 Å². The summed E-state index contributed by atoms with van der Waals surface area (Å²) in [6.45, 7) is 4.23. The number of fused-ring (bicyclic) bond motifs is 3. The molecule has 2 atom stereocenters. The van der Waals surface area contributed by atoms with Gasteiger partial charge in [-0.15, -0.1) is 0 Å². The molecule has 0 saturated carbocycles. The average molecular weight is 601 g/mol. The Morgan fingerprint density at radius 3 is 2.09 bits per heavy atom. The molecule has 7 heteroatoms. The third-order valence-electron chi connectivity index (χ3n) is 9.29. The molecule has 2 heterocycles. The van der Waals surface area contributed by atoms with Gasteiger partial charge in [0.05, 0.1) is 26.2 Å². The van der Waals surface area contributed by atoms with Crippen LogP contribution >= 0.6 is 0 Å². The zero-order valence-corrected chi connectivity index (χ0v) is 25.5. The summed E-state index contributed by atoms with van der Waals surface area (Å²) in [6.07, 6.45) is 6.00. The van der Waals surface area contributed by atoms with Crippen LogP contribution < -0.4 is 14.5 Å². The predicted molar refractivity (Wildman–Crippen MR) is 177 cm³/mol. The van der Waals surface area contributed by atoms with Crippen molar-refractivity contribution in [2.45, 2.75) is 11.5 Å². The number of anilines is 2. The summed E-state index contributed by atoms with van der Waals surface area (Å²) in [5.74, 6) is 0.193. The molecule has 0 aromatic heterocycles. The lowest BCUT2D eigenvalue weighted by atomic mass is 9.70. The van der Waals surface area contributed by atoms with Crippen LogP contribution in [0.1, 0.15) is 32.6 Å². The van der Waals surface area contributed by atoms with Crippen LogP contribution in [0.4, 0.5) is 11.4 Å². The van der Waals surface area contributed by atoms with E-state index in [1.165, 1.54) is 18.5 Å². The Morgan fingerprint density at radius 2 is 1.47 bits per heavy atom. The second-order valence-electron chi connectivity index (χ2n) is 11.7. The number of phenolic OH excluding ortho intramolecular Hbond substituents is 1. The molecule has 45 heavy (non-hydrogen) atoms. The van der Waals surface area contributed by atoms with Crippen molar-refractivity contribution in [3.8, 4) is 11.5 Å². The number of nitrogens with zero attached hydrogens (tertiary/aromatic N) is 2. The van der Waals surface area contributed by atoms with Gasteiger partial charge in [-0.2, -0.15) is 0 Å². The lowest BCUT2D eigenvalue weighted by Gasteiger charge is -2.41. The summed E-state index contributed by atoms with van der Waals surface area (Å²) in [5, 5.41) is 10.8. The van der Waals surface area contributed by atoms with E-state index in [2.05, 4.69) is 76.5 Å². The smallest absolute Gasteiger partial charge is 0.341 e. The highest BCUT2D eigenvalue weighted by Gasteiger charge is 2.40. The maximum atomic E-state index is 12.3. The number of rotatable bonds is 6. The molecule has 2 aliphatic heterocycles. The Bertz CT molecular complexity index is 1760. The second kappa shape index (κ2) is 11.8. The van der Waals surface area contributed by atoms with E-state index < -0.39 is 11.4 Å². The number of benzene rings is 4. The molecular formula is C38H36N2O5. The van der Waals surface area contributed by atoms with Gasteiger partial charge in [0, 0.05) is 37.6 Å². The highest BCUT2D eigenvalue weighted by atomic mass is 16.5. The van der Waals surface area contributed by atoms with Crippen molar-refractivity contribution in [3.05, 3.63) is 131 Å². The van der Waals surface area contributed by atoms with Crippen LogP contribution in [0, 0.1) is 0 Å². The van der Waals surface area contributed by atoms with E-state index in [9.17, 15) is 9.90 Å². The quantitative estimate of drug-likeness (QED) is 0.260. The first-order valence-corrected chi connectivity index (χ1v) is 15.3. The second-order valence-corrected chi connectivity index (χ2v) is 11.7. The highest BCUT2D eigenvalue weighted by molar-refractivity contribution is 5.96. The van der Waals surface area contributed by atoms with E-state index in [0.717, 1.165) is 59.8 Å². The van der Waals surface area contributed by atoms with Crippen LogP contribution in [0.3, 0.4) is 0 Å². The van der Waals surface area contributed by atoms with E-state index in [4.69, 9.17) is 14.2 Å². The van der Waals surface area contributed by atoms with Crippen molar-refractivity contribution in [1.82, 2.24) is 0 Å². The average Bonchev–Trinajstić information content (AvgIpc) is 3.11. The van der Waals surface area contributed by atoms with Gasteiger partial charge in [-0.3, -0.25) is 0 Å². The van der Waals surface area contributed by atoms with E-state index in [-0.39, 0.29) is 17.4 Å². The van der Waals surface area contributed by atoms with Crippen LogP contribution in [0.15, 0.2) is 103 Å². The Hall–Kier alpha value is -5.01. The number of carbonyl (C=O) groups excluding carboxylic acids is 1. The number of hydrogen-bond donors (Lipinski definition) is 1. The Balaban J connectivity index is 1.19. The van der Waals surface area contributed by atoms with Crippen molar-refractivity contribution in [3.63, 3.8) is 0 Å². The molecule has 1 N–H and O–H groups in total. The minimum Gasteiger partial charge on any atom is -0.507 e. The van der Waals surface area contributed by atoms with Crippen molar-refractivity contribution in [2.24, 2.45) is 0 Å². The van der Waals surface area contributed by atoms with Crippen molar-refractivity contribution < 1.29 is 24.1 Å². The number of carbonyl (C=O) groups is 1. The van der Waals surface area contributed by atoms with Crippen LogP contribution in [0.25, 0.3) is 11.6 Å². The van der Waals surface area contributed by atoms with Crippen LogP contribution in [-0.4, -0.2) is 64.2 Å². The number of aromatic hydroxyl groups is 1. The van der Waals surface area contributed by atoms with Gasteiger partial charge < -0.3 is 29.1 Å². The maximum absolute atomic E-state index is 12.3. The molecule has 228 valence electrons. The van der Waals surface area contributed by atoms with Crippen LogP contribution in [-0.2, 0) is 14.9 Å². The van der Waals surface area contributed by atoms with Crippen LogP contribution in [0.2, 0.25) is 0 Å². The molecule has 7 rings (SSSR count). The highest BCUT2D eigenvalue weighted by Crippen LogP contribution is 2.45. The summed E-state index contributed by atoms with van der Waals surface area (Å²) in [5.41, 5.74) is 6.93. The van der Waals surface area contributed by atoms with E-state index in [1.54, 1.807) is 19.2 Å². The number of ether oxygens (including phenoxy) is 3. The zero-order chi connectivity index (χ0) is 31.0. The van der Waals surface area contributed by atoms with Crippen molar-refractivity contribution >= 4 is 29.0 Å². The third-order valence-corrected chi connectivity index (χ3v) is 9.29. The summed E-state index contributed by atoms with van der Waals surface area (Å²) in [4.78, 5) is 17.1. The summed E-state index contributed by atoms with van der Waals surface area (Å²) in [6, 6.07) is 30.9. The fourth-order valence-electron chi connectivity index (χ4n) is 6.77. The zero-order valence-electron chi connectivity index (χ0n) is 25.5. The summed E-state index contributed by atoms with van der Waals surface area (Å²) in [7, 11) is 3.00. The number of phenols is 1. The molecule has 3 aliphatic rings. The lowest BCUT2D eigenvalue weighted by Crippen LogP contribution is -2.46. The molecule has 1 fully saturated rings. The van der Waals surface area contributed by atoms with Gasteiger partial charge in [-0.1, -0.05) is 60.7 Å². The fourth-order valence-corrected chi connectivity index (χ4v) is 6.77. The minimum absolute atomic E-state index is 0.108. The van der Waals surface area contributed by atoms with Gasteiger partial charge >= 0.3 is 5.97 Å². The fraction of sp³-hybridized carbons (Fsp3) is 0.237. The molecule has 0 bridgehead atoms. The molecule has 2 unspecified atom stereocenters. The molecule has 0 spiro atoms. The molecular weight excluding hydrogens is 564 g/mol. The number of esters is 1. The molecule has 0 radical (unpaired) electrons. The maximum Gasteiger partial charge on any atom is 0.341 e. The Labute approximate surface area is 263 Å². The Kier molecular flexibility index (Phi) is 7.55. The van der Waals surface area contributed by atoms with E-state index in [0.29, 0.717) is 6.61 Å². The van der Waals surface area contributed by atoms with E-state index in [1.807, 2.05) is 30.4 Å². The minimum atomic E-state index is -0.569. The molecule has 0 amide bonds. The number of methoxy groups -OCH3 is 2. The lowest BCUT2D eigenvalue weighted by molar-refractivity contribution is 0.0597. The van der Waals surface area contributed by atoms with Gasteiger partial charge in [-0.05, 0) is 76.4 Å². The molecule has 1 saturated heterocycles. The SMILES string of the molecule is COC(=O)c1cc2c(cc1O)C1=CC(c3ccccc3)(c3ccc(N4CCN(c5ccc(OC)cc5)CC4)cc3)COC1C=C2. The van der Waals surface area contributed by atoms with Gasteiger partial charge in [-0.25, -0.2) is 4.79 Å². The van der Waals surface area contributed by atoms with Crippen molar-refractivity contribution in [1.29, 1.82) is 0 Å². The molecule has 4 aromatic carbocycles. The van der Waals surface area contributed by atoms with Gasteiger partial charge in [0.2, 0.25) is 0 Å². The predicted octanol–water partition coefficient (Wildman–Crippen LogP) is 6.31. The first-order valence-electron chi connectivity index (χ1n) is 15.3. The van der Waals surface area contributed by atoms with Gasteiger partial charge in [0.1, 0.15) is 23.2 Å². The third kappa shape index (κ3) is 5.23. The molecule has 7 nitrogen and oxygen atoms in total. The standard InChI is InChI=1S/C38H36N2O5/c1-43-31-15-13-30(14-16-31)40-20-18-39(19-21-40)29-11-9-28(10-12-29)38(27-6-4-3-5-7-27)24-34-32-23-35(41)33(37(42)44-2)22-26(32)8-17-36(34)45-25-38/h3-17,22-24,36,41H,18-21,25H2,1-2H3. The van der Waals surface area contributed by atoms with E-state index >= 15 is 0 Å². The molecule has 4 aromatic rings. The number of piperazine rings is 1. The molecule has 1 aliphatic carbocycles. The van der Waals surface area contributed by atoms with Crippen molar-refractivity contribution in [2.75, 3.05) is 56.8 Å². The van der Waals surface area contributed by atoms with Crippen LogP contribution in [0.5, 0.6) is 11.5 Å². The topological polar surface area (TPSA) is 71.5 Å². The van der Waals surface area contributed by atoms with Gasteiger partial charge in [0.25, 0.3) is 0 Å². The summed E-state index contributed by atoms with van der Waals surface area (Å²) < 4.78 is 16.8.